The average Bonchev–Trinajstić information content (AvgIpc) is 2.30. The number of carbonyl (C=O) groups is 1. The Hall–Kier alpha value is -2.01. The first-order valence-corrected chi connectivity index (χ1v) is 5.39. The molecule has 0 saturated heterocycles. The molecule has 0 aliphatic rings. The van der Waals surface area contributed by atoms with Gasteiger partial charge in [0.2, 0.25) is 0 Å². The standard InChI is InChI=1S/C12H8ClFN2O2/c1-6-4-7(14)2-3-8(6)11-15-5-9(13)10(16-11)12(17)18/h2-5H,1H3,(H,17,18). The minimum Gasteiger partial charge on any atom is -0.476 e. The van der Waals surface area contributed by atoms with Crippen molar-refractivity contribution < 1.29 is 14.3 Å². The van der Waals surface area contributed by atoms with E-state index in [0.29, 0.717) is 11.1 Å². The van der Waals surface area contributed by atoms with Gasteiger partial charge in [0.1, 0.15) is 5.82 Å². The highest BCUT2D eigenvalue weighted by atomic mass is 35.5. The molecule has 6 heteroatoms. The van der Waals surface area contributed by atoms with Crippen molar-refractivity contribution in [3.05, 3.63) is 46.5 Å². The van der Waals surface area contributed by atoms with Gasteiger partial charge in [0, 0.05) is 5.56 Å². The lowest BCUT2D eigenvalue weighted by molar-refractivity contribution is 0.0690. The first-order chi connectivity index (χ1) is 8.49. The summed E-state index contributed by atoms with van der Waals surface area (Å²) in [6.07, 6.45) is 1.22. The smallest absolute Gasteiger partial charge is 0.356 e. The molecule has 0 aliphatic heterocycles. The van der Waals surface area contributed by atoms with Gasteiger partial charge >= 0.3 is 5.97 Å². The summed E-state index contributed by atoms with van der Waals surface area (Å²) in [5.74, 6) is -1.40. The number of carboxylic acid groups (broad SMARTS) is 1. The van der Waals surface area contributed by atoms with Crippen LogP contribution >= 0.6 is 11.6 Å². The molecular weight excluding hydrogens is 259 g/mol. The molecule has 0 spiro atoms. The van der Waals surface area contributed by atoms with Crippen LogP contribution < -0.4 is 0 Å². The Labute approximate surface area is 107 Å². The molecule has 2 rings (SSSR count). The largest absolute Gasteiger partial charge is 0.476 e. The summed E-state index contributed by atoms with van der Waals surface area (Å²) in [5, 5.41) is 8.88. The van der Waals surface area contributed by atoms with Gasteiger partial charge in [-0.3, -0.25) is 0 Å². The predicted octanol–water partition coefficient (Wildman–Crippen LogP) is 2.94. The maximum atomic E-state index is 13.0. The summed E-state index contributed by atoms with van der Waals surface area (Å²) in [5.41, 5.74) is 0.912. The molecule has 0 atom stereocenters. The maximum Gasteiger partial charge on any atom is 0.356 e. The van der Waals surface area contributed by atoms with E-state index in [2.05, 4.69) is 9.97 Å². The normalized spacial score (nSPS) is 10.4. The molecular formula is C12H8ClFN2O2. The molecule has 0 saturated carbocycles. The lowest BCUT2D eigenvalue weighted by Gasteiger charge is -2.06. The van der Waals surface area contributed by atoms with Crippen molar-refractivity contribution in [2.24, 2.45) is 0 Å². The summed E-state index contributed by atoms with van der Waals surface area (Å²) in [7, 11) is 0. The van der Waals surface area contributed by atoms with Gasteiger partial charge in [-0.05, 0) is 30.7 Å². The van der Waals surface area contributed by atoms with Gasteiger partial charge < -0.3 is 5.11 Å². The molecule has 0 aliphatic carbocycles. The summed E-state index contributed by atoms with van der Waals surface area (Å²) >= 11 is 5.68. The summed E-state index contributed by atoms with van der Waals surface area (Å²) < 4.78 is 13.0. The summed E-state index contributed by atoms with van der Waals surface area (Å²) in [4.78, 5) is 18.7. The van der Waals surface area contributed by atoms with Crippen LogP contribution in [0.1, 0.15) is 16.1 Å². The van der Waals surface area contributed by atoms with Gasteiger partial charge in [0.25, 0.3) is 0 Å². The number of aromatic nitrogens is 2. The number of aryl methyl sites for hydroxylation is 1. The molecule has 0 bridgehead atoms. The van der Waals surface area contributed by atoms with E-state index in [4.69, 9.17) is 16.7 Å². The van der Waals surface area contributed by atoms with Gasteiger partial charge in [-0.2, -0.15) is 0 Å². The van der Waals surface area contributed by atoms with E-state index in [1.54, 1.807) is 6.92 Å². The van der Waals surface area contributed by atoms with Crippen LogP contribution in [0.2, 0.25) is 5.02 Å². The van der Waals surface area contributed by atoms with Crippen LogP contribution in [-0.2, 0) is 0 Å². The lowest BCUT2D eigenvalue weighted by atomic mass is 10.1. The Kier molecular flexibility index (Phi) is 3.25. The first-order valence-electron chi connectivity index (χ1n) is 5.01. The van der Waals surface area contributed by atoms with Gasteiger partial charge in [-0.15, -0.1) is 0 Å². The minimum atomic E-state index is -1.23. The molecule has 1 aromatic carbocycles. The van der Waals surface area contributed by atoms with E-state index in [1.165, 1.54) is 24.4 Å². The highest BCUT2D eigenvalue weighted by molar-refractivity contribution is 6.33. The molecule has 1 N–H and O–H groups in total. The van der Waals surface area contributed by atoms with Crippen LogP contribution in [0.3, 0.4) is 0 Å². The SMILES string of the molecule is Cc1cc(F)ccc1-c1ncc(Cl)c(C(=O)O)n1. The topological polar surface area (TPSA) is 63.1 Å². The third kappa shape index (κ3) is 2.31. The molecule has 0 fully saturated rings. The number of hydrogen-bond donors (Lipinski definition) is 1. The van der Waals surface area contributed by atoms with E-state index >= 15 is 0 Å². The van der Waals surface area contributed by atoms with Crippen LogP contribution in [0.5, 0.6) is 0 Å². The number of benzene rings is 1. The van der Waals surface area contributed by atoms with Gasteiger partial charge in [0.15, 0.2) is 11.5 Å². The van der Waals surface area contributed by atoms with Crippen molar-refractivity contribution in [1.82, 2.24) is 9.97 Å². The number of hydrogen-bond acceptors (Lipinski definition) is 3. The van der Waals surface area contributed by atoms with Crippen LogP contribution in [0.4, 0.5) is 4.39 Å². The van der Waals surface area contributed by atoms with Gasteiger partial charge in [-0.1, -0.05) is 11.6 Å². The third-order valence-electron chi connectivity index (χ3n) is 2.38. The van der Waals surface area contributed by atoms with E-state index in [-0.39, 0.29) is 22.4 Å². The molecule has 4 nitrogen and oxygen atoms in total. The lowest BCUT2D eigenvalue weighted by Crippen LogP contribution is -2.04. The number of nitrogens with zero attached hydrogens (tertiary/aromatic N) is 2. The van der Waals surface area contributed by atoms with E-state index in [0.717, 1.165) is 0 Å². The predicted molar refractivity (Wildman–Crippen MR) is 64.1 cm³/mol. The van der Waals surface area contributed by atoms with E-state index in [1.807, 2.05) is 0 Å². The average molecular weight is 267 g/mol. The number of carboxylic acids is 1. The van der Waals surface area contributed by atoms with Gasteiger partial charge in [0.05, 0.1) is 11.2 Å². The highest BCUT2D eigenvalue weighted by Crippen LogP contribution is 2.22. The fourth-order valence-electron chi connectivity index (χ4n) is 1.52. The van der Waals surface area contributed by atoms with E-state index in [9.17, 15) is 9.18 Å². The quantitative estimate of drug-likeness (QED) is 0.908. The molecule has 2 aromatic rings. The maximum absolute atomic E-state index is 13.0. The Balaban J connectivity index is 2.58. The summed E-state index contributed by atoms with van der Waals surface area (Å²) in [6, 6.07) is 4.09. The van der Waals surface area contributed by atoms with Crippen LogP contribution in [-0.4, -0.2) is 21.0 Å². The molecule has 18 heavy (non-hydrogen) atoms. The van der Waals surface area contributed by atoms with Crippen LogP contribution in [0, 0.1) is 12.7 Å². The van der Waals surface area contributed by atoms with Gasteiger partial charge in [-0.25, -0.2) is 19.2 Å². The Morgan fingerprint density at radius 2 is 2.17 bits per heavy atom. The molecule has 1 heterocycles. The van der Waals surface area contributed by atoms with Crippen molar-refractivity contribution in [2.45, 2.75) is 6.92 Å². The zero-order chi connectivity index (χ0) is 13.3. The van der Waals surface area contributed by atoms with Crippen molar-refractivity contribution in [2.75, 3.05) is 0 Å². The fourth-order valence-corrected chi connectivity index (χ4v) is 1.70. The number of rotatable bonds is 2. The second kappa shape index (κ2) is 4.70. The Morgan fingerprint density at radius 3 is 2.78 bits per heavy atom. The van der Waals surface area contributed by atoms with Crippen molar-refractivity contribution in [3.63, 3.8) is 0 Å². The molecule has 0 unspecified atom stereocenters. The van der Waals surface area contributed by atoms with Crippen LogP contribution in [0.15, 0.2) is 24.4 Å². The highest BCUT2D eigenvalue weighted by Gasteiger charge is 2.14. The second-order valence-electron chi connectivity index (χ2n) is 3.65. The number of halogens is 2. The molecule has 0 amide bonds. The molecule has 1 aromatic heterocycles. The minimum absolute atomic E-state index is 0.0361. The zero-order valence-electron chi connectivity index (χ0n) is 9.32. The fraction of sp³-hybridized carbons (Fsp3) is 0.0833. The third-order valence-corrected chi connectivity index (χ3v) is 2.65. The van der Waals surface area contributed by atoms with E-state index < -0.39 is 5.97 Å². The van der Waals surface area contributed by atoms with Crippen LogP contribution in [0.25, 0.3) is 11.4 Å². The second-order valence-corrected chi connectivity index (χ2v) is 4.06. The summed E-state index contributed by atoms with van der Waals surface area (Å²) in [6.45, 7) is 1.69. The Bertz CT molecular complexity index is 631. The first kappa shape index (κ1) is 12.4. The van der Waals surface area contributed by atoms with Crippen molar-refractivity contribution >= 4 is 17.6 Å². The van der Waals surface area contributed by atoms with Crippen molar-refractivity contribution in [1.29, 1.82) is 0 Å². The monoisotopic (exact) mass is 266 g/mol. The molecule has 92 valence electrons. The molecule has 0 radical (unpaired) electrons. The zero-order valence-corrected chi connectivity index (χ0v) is 10.1. The Morgan fingerprint density at radius 1 is 1.44 bits per heavy atom. The van der Waals surface area contributed by atoms with Crippen molar-refractivity contribution in [3.8, 4) is 11.4 Å². The number of aromatic carboxylic acids is 1.